The van der Waals surface area contributed by atoms with E-state index in [4.69, 9.17) is 0 Å². The van der Waals surface area contributed by atoms with Gasteiger partial charge in [0.05, 0.1) is 21.6 Å². The van der Waals surface area contributed by atoms with Crippen LogP contribution >= 0.6 is 11.8 Å². The van der Waals surface area contributed by atoms with Gasteiger partial charge in [-0.1, -0.05) is 24.3 Å². The third-order valence-electron chi connectivity index (χ3n) is 4.25. The number of aromatic nitrogens is 2. The average Bonchev–Trinajstić information content (AvgIpc) is 3.08. The molecule has 0 bridgehead atoms. The molecule has 0 spiro atoms. The summed E-state index contributed by atoms with van der Waals surface area (Å²) in [6, 6.07) is 15.3. The van der Waals surface area contributed by atoms with Crippen LogP contribution in [0.3, 0.4) is 0 Å². The molecule has 1 aliphatic rings. The lowest BCUT2D eigenvalue weighted by atomic mass is 10.2. The molecule has 0 radical (unpaired) electrons. The van der Waals surface area contributed by atoms with Crippen molar-refractivity contribution >= 4 is 45.6 Å². The number of nitrogens with one attached hydrogen (secondary N) is 1. The molecule has 6 nitrogen and oxygen atoms in total. The van der Waals surface area contributed by atoms with Crippen LogP contribution in [0.25, 0.3) is 17.1 Å². The number of aryl methyl sites for hydroxylation is 2. The van der Waals surface area contributed by atoms with Crippen molar-refractivity contribution in [3.05, 3.63) is 69.5 Å². The number of hydrogen-bond acceptors (Lipinski definition) is 4. The summed E-state index contributed by atoms with van der Waals surface area (Å²) in [5, 5.41) is 2.63. The molecule has 4 rings (SSSR count). The van der Waals surface area contributed by atoms with Gasteiger partial charge in [0.15, 0.2) is 0 Å². The highest BCUT2D eigenvalue weighted by molar-refractivity contribution is 8.18. The van der Waals surface area contributed by atoms with Crippen molar-refractivity contribution < 1.29 is 4.79 Å². The lowest BCUT2D eigenvalue weighted by Crippen LogP contribution is -2.19. The van der Waals surface area contributed by atoms with E-state index in [0.29, 0.717) is 5.84 Å². The number of aliphatic imine (C=N–C) groups is 1. The Kier molecular flexibility index (Phi) is 4.00. The van der Waals surface area contributed by atoms with E-state index in [1.165, 1.54) is 0 Å². The summed E-state index contributed by atoms with van der Waals surface area (Å²) in [4.78, 5) is 29.2. The molecule has 1 aliphatic heterocycles. The average molecular weight is 364 g/mol. The fraction of sp³-hybridized carbons (Fsp3) is 0.105. The van der Waals surface area contributed by atoms with Gasteiger partial charge in [-0.15, -0.1) is 0 Å². The predicted molar refractivity (Wildman–Crippen MR) is 106 cm³/mol. The molecule has 1 N–H and O–H groups in total. The van der Waals surface area contributed by atoms with E-state index >= 15 is 0 Å². The first kappa shape index (κ1) is 16.4. The number of hydrogen-bond donors (Lipinski definition) is 1. The minimum Gasteiger partial charge on any atom is -0.300 e. The number of rotatable bonds is 2. The van der Waals surface area contributed by atoms with Gasteiger partial charge in [-0.3, -0.25) is 13.9 Å². The highest BCUT2D eigenvalue weighted by atomic mass is 32.2. The van der Waals surface area contributed by atoms with Gasteiger partial charge in [-0.2, -0.15) is 0 Å². The van der Waals surface area contributed by atoms with E-state index < -0.39 is 0 Å². The van der Waals surface area contributed by atoms with Gasteiger partial charge in [-0.25, -0.2) is 9.79 Å². The fourth-order valence-electron chi connectivity index (χ4n) is 2.91. The molecule has 1 saturated heterocycles. The van der Waals surface area contributed by atoms with Crippen LogP contribution in [0, 0.1) is 0 Å². The first-order chi connectivity index (χ1) is 12.5. The number of thioether (sulfide) groups is 1. The Labute approximate surface area is 153 Å². The summed E-state index contributed by atoms with van der Waals surface area (Å²) in [5.74, 6) is 0.535. The number of amidine groups is 1. The van der Waals surface area contributed by atoms with Gasteiger partial charge in [0, 0.05) is 14.1 Å². The number of benzene rings is 2. The lowest BCUT2D eigenvalue weighted by molar-refractivity contribution is 0.265. The summed E-state index contributed by atoms with van der Waals surface area (Å²) >= 11 is 1.11. The summed E-state index contributed by atoms with van der Waals surface area (Å²) in [7, 11) is 3.50. The summed E-state index contributed by atoms with van der Waals surface area (Å²) < 4.78 is 3.23. The Morgan fingerprint density at radius 1 is 1.00 bits per heavy atom. The smallest absolute Gasteiger partial charge is 0.300 e. The number of amides is 1. The Hall–Kier alpha value is -3.06. The van der Waals surface area contributed by atoms with Gasteiger partial charge in [-0.05, 0) is 47.7 Å². The maximum absolute atomic E-state index is 12.1. The van der Waals surface area contributed by atoms with Crippen molar-refractivity contribution in [2.24, 2.45) is 19.1 Å². The van der Waals surface area contributed by atoms with Gasteiger partial charge in [0.1, 0.15) is 5.84 Å². The lowest BCUT2D eigenvalue weighted by Gasteiger charge is -2.01. The largest absolute Gasteiger partial charge is 0.328 e. The highest BCUT2D eigenvalue weighted by Gasteiger charge is 2.23. The standard InChI is InChI=1S/C19H16N4O2S/c1-22-14-9-8-12(10-15(14)23(2)19(22)25)11-16-17(21-18(24)26-16)20-13-6-4-3-5-7-13/h3-11H,1-2H3,(H,20,21,24)/b16-11+. The number of carbonyl (C=O) groups is 1. The third-order valence-corrected chi connectivity index (χ3v) is 5.07. The van der Waals surface area contributed by atoms with Crippen LogP contribution in [0.1, 0.15) is 5.56 Å². The maximum Gasteiger partial charge on any atom is 0.328 e. The molecule has 0 saturated carbocycles. The van der Waals surface area contributed by atoms with E-state index in [-0.39, 0.29) is 10.9 Å². The predicted octanol–water partition coefficient (Wildman–Crippen LogP) is 3.40. The first-order valence-corrected chi connectivity index (χ1v) is 8.85. The second-order valence-electron chi connectivity index (χ2n) is 5.97. The second-order valence-corrected chi connectivity index (χ2v) is 6.98. The maximum atomic E-state index is 12.1. The highest BCUT2D eigenvalue weighted by Crippen LogP contribution is 2.29. The van der Waals surface area contributed by atoms with Crippen LogP contribution in [0.5, 0.6) is 0 Å². The van der Waals surface area contributed by atoms with Gasteiger partial charge in [0.25, 0.3) is 5.24 Å². The Bertz CT molecular complexity index is 1140. The van der Waals surface area contributed by atoms with E-state index in [1.807, 2.05) is 54.6 Å². The molecular formula is C19H16N4O2S. The molecule has 130 valence electrons. The topological polar surface area (TPSA) is 68.4 Å². The number of para-hydroxylation sites is 1. The summed E-state index contributed by atoms with van der Waals surface area (Å²) in [6.07, 6.45) is 1.90. The van der Waals surface area contributed by atoms with E-state index in [0.717, 1.165) is 39.0 Å². The number of fused-ring (bicyclic) bond motifs is 1. The summed E-state index contributed by atoms with van der Waals surface area (Å²) in [6.45, 7) is 0. The first-order valence-electron chi connectivity index (χ1n) is 8.03. The summed E-state index contributed by atoms with van der Waals surface area (Å²) in [5.41, 5.74) is 3.32. The zero-order valence-corrected chi connectivity index (χ0v) is 15.1. The van der Waals surface area contributed by atoms with Crippen molar-refractivity contribution in [3.63, 3.8) is 0 Å². The van der Waals surface area contributed by atoms with Crippen molar-refractivity contribution in [2.45, 2.75) is 0 Å². The molecule has 3 aromatic rings. The monoisotopic (exact) mass is 364 g/mol. The molecule has 0 unspecified atom stereocenters. The molecule has 1 amide bonds. The zero-order valence-electron chi connectivity index (χ0n) is 14.3. The number of nitrogens with zero attached hydrogens (tertiary/aromatic N) is 3. The van der Waals surface area contributed by atoms with Crippen LogP contribution in [-0.4, -0.2) is 20.2 Å². The Morgan fingerprint density at radius 2 is 1.73 bits per heavy atom. The Morgan fingerprint density at radius 3 is 2.50 bits per heavy atom. The van der Waals surface area contributed by atoms with Crippen molar-refractivity contribution in [2.75, 3.05) is 0 Å². The molecule has 1 fully saturated rings. The minimum atomic E-state index is -0.154. The second kappa shape index (κ2) is 6.34. The number of imidazole rings is 1. The third kappa shape index (κ3) is 2.86. The van der Waals surface area contributed by atoms with Crippen LogP contribution in [0.15, 0.2) is 63.2 Å². The van der Waals surface area contributed by atoms with Gasteiger partial charge < -0.3 is 5.32 Å². The van der Waals surface area contributed by atoms with E-state index in [2.05, 4.69) is 10.3 Å². The van der Waals surface area contributed by atoms with E-state index in [1.54, 1.807) is 23.2 Å². The fourth-order valence-corrected chi connectivity index (χ4v) is 3.65. The van der Waals surface area contributed by atoms with Crippen molar-refractivity contribution in [1.82, 2.24) is 14.5 Å². The van der Waals surface area contributed by atoms with Crippen molar-refractivity contribution in [1.29, 1.82) is 0 Å². The molecule has 2 aromatic carbocycles. The molecule has 7 heteroatoms. The molecule has 2 heterocycles. The Balaban J connectivity index is 1.78. The van der Waals surface area contributed by atoms with Gasteiger partial charge in [0.2, 0.25) is 0 Å². The minimum absolute atomic E-state index is 0.0665. The van der Waals surface area contributed by atoms with Crippen LogP contribution in [0.2, 0.25) is 0 Å². The van der Waals surface area contributed by atoms with Crippen LogP contribution in [-0.2, 0) is 14.1 Å². The van der Waals surface area contributed by atoms with Crippen LogP contribution in [0.4, 0.5) is 10.5 Å². The molecule has 0 aliphatic carbocycles. The van der Waals surface area contributed by atoms with Crippen LogP contribution < -0.4 is 11.0 Å². The van der Waals surface area contributed by atoms with Crippen molar-refractivity contribution in [3.8, 4) is 0 Å². The number of carbonyl (C=O) groups excluding carboxylic acids is 1. The zero-order chi connectivity index (χ0) is 18.3. The van der Waals surface area contributed by atoms with Gasteiger partial charge >= 0.3 is 5.69 Å². The normalized spacial score (nSPS) is 17.4. The molecular weight excluding hydrogens is 348 g/mol. The molecule has 1 aromatic heterocycles. The quantitative estimate of drug-likeness (QED) is 0.758. The molecule has 26 heavy (non-hydrogen) atoms. The van der Waals surface area contributed by atoms with E-state index in [9.17, 15) is 9.59 Å². The molecule has 0 atom stereocenters. The SMILES string of the molecule is Cn1c(=O)n(C)c2cc(/C=C3/SC(=O)NC3=Nc3ccccc3)ccc21.